The largest absolute Gasteiger partial charge is 0.356 e. The van der Waals surface area contributed by atoms with Crippen molar-refractivity contribution in [2.45, 2.75) is 84.0 Å². The fraction of sp³-hybridized carbons (Fsp3) is 0.944. The number of unbranched alkanes of at least 4 members (excludes halogenated alkanes) is 8. The number of piperidine rings is 1. The van der Waals surface area contributed by atoms with Gasteiger partial charge in [0.15, 0.2) is 0 Å². The molecule has 21 heavy (non-hydrogen) atoms. The predicted octanol–water partition coefficient (Wildman–Crippen LogP) is 4.02. The summed E-state index contributed by atoms with van der Waals surface area (Å²) in [7, 11) is 0. The van der Waals surface area contributed by atoms with Gasteiger partial charge in [-0.25, -0.2) is 0 Å². The molecule has 1 amide bonds. The zero-order chi connectivity index (χ0) is 15.2. The summed E-state index contributed by atoms with van der Waals surface area (Å²) < 4.78 is 0. The first-order valence-corrected chi connectivity index (χ1v) is 9.30. The highest BCUT2D eigenvalue weighted by Crippen LogP contribution is 2.11. The minimum atomic E-state index is 0.253. The van der Waals surface area contributed by atoms with Crippen LogP contribution in [0.1, 0.15) is 84.0 Å². The Morgan fingerprint density at radius 1 is 1.05 bits per heavy atom. The molecular formula is C18H36N2O. The lowest BCUT2D eigenvalue weighted by molar-refractivity contribution is -0.121. The number of carbonyl (C=O) groups is 1. The molecule has 1 fully saturated rings. The maximum absolute atomic E-state index is 11.8. The fourth-order valence-corrected chi connectivity index (χ4v) is 3.04. The summed E-state index contributed by atoms with van der Waals surface area (Å²) in [4.78, 5) is 11.8. The Hall–Kier alpha value is -0.570. The molecule has 1 heterocycles. The van der Waals surface area contributed by atoms with E-state index in [2.05, 4.69) is 17.6 Å². The van der Waals surface area contributed by atoms with Crippen molar-refractivity contribution < 1.29 is 4.79 Å². The van der Waals surface area contributed by atoms with Gasteiger partial charge in [0, 0.05) is 13.0 Å². The van der Waals surface area contributed by atoms with Crippen molar-refractivity contribution in [3.05, 3.63) is 0 Å². The summed E-state index contributed by atoms with van der Waals surface area (Å²) in [6.07, 6.45) is 15.0. The summed E-state index contributed by atoms with van der Waals surface area (Å²) in [6, 6.07) is 0. The van der Waals surface area contributed by atoms with Crippen molar-refractivity contribution in [1.29, 1.82) is 0 Å². The van der Waals surface area contributed by atoms with Gasteiger partial charge < -0.3 is 10.6 Å². The van der Waals surface area contributed by atoms with Gasteiger partial charge >= 0.3 is 0 Å². The SMILES string of the molecule is CCCCCCCCCCCC(=O)NCC1CCCNC1. The van der Waals surface area contributed by atoms with Crippen molar-refractivity contribution in [1.82, 2.24) is 10.6 Å². The minimum Gasteiger partial charge on any atom is -0.356 e. The van der Waals surface area contributed by atoms with Crippen LogP contribution in [0.4, 0.5) is 0 Å². The fourth-order valence-electron chi connectivity index (χ4n) is 3.04. The van der Waals surface area contributed by atoms with Crippen molar-refractivity contribution >= 4 is 5.91 Å². The quantitative estimate of drug-likeness (QED) is 0.534. The van der Waals surface area contributed by atoms with E-state index in [-0.39, 0.29) is 5.91 Å². The van der Waals surface area contributed by atoms with Crippen LogP contribution in [0.5, 0.6) is 0 Å². The molecule has 3 heteroatoms. The standard InChI is InChI=1S/C18H36N2O/c1-2-3-4-5-6-7-8-9-10-13-18(21)20-16-17-12-11-14-19-15-17/h17,19H,2-16H2,1H3,(H,20,21). The van der Waals surface area contributed by atoms with E-state index in [0.29, 0.717) is 5.92 Å². The summed E-state index contributed by atoms with van der Waals surface area (Å²) in [5, 5.41) is 6.49. The molecule has 0 aliphatic carbocycles. The number of amides is 1. The molecule has 0 aromatic rings. The van der Waals surface area contributed by atoms with Crippen molar-refractivity contribution in [2.24, 2.45) is 5.92 Å². The number of nitrogens with one attached hydrogen (secondary N) is 2. The first-order chi connectivity index (χ1) is 10.3. The zero-order valence-corrected chi connectivity index (χ0v) is 14.1. The molecule has 2 N–H and O–H groups in total. The number of hydrogen-bond acceptors (Lipinski definition) is 2. The van der Waals surface area contributed by atoms with Gasteiger partial charge in [-0.05, 0) is 38.3 Å². The van der Waals surface area contributed by atoms with Crippen LogP contribution in [-0.4, -0.2) is 25.5 Å². The van der Waals surface area contributed by atoms with Crippen LogP contribution in [0.25, 0.3) is 0 Å². The summed E-state index contributed by atoms with van der Waals surface area (Å²) in [6.45, 7) is 5.33. The van der Waals surface area contributed by atoms with E-state index in [1.807, 2.05) is 0 Å². The molecule has 0 radical (unpaired) electrons. The van der Waals surface area contributed by atoms with E-state index in [0.717, 1.165) is 32.5 Å². The second kappa shape index (κ2) is 13.1. The molecule has 0 bridgehead atoms. The van der Waals surface area contributed by atoms with Gasteiger partial charge in [-0.1, -0.05) is 58.3 Å². The topological polar surface area (TPSA) is 41.1 Å². The van der Waals surface area contributed by atoms with Gasteiger partial charge in [0.1, 0.15) is 0 Å². The number of rotatable bonds is 12. The molecule has 0 aromatic carbocycles. The van der Waals surface area contributed by atoms with Crippen molar-refractivity contribution in [2.75, 3.05) is 19.6 Å². The van der Waals surface area contributed by atoms with Crippen LogP contribution < -0.4 is 10.6 Å². The highest BCUT2D eigenvalue weighted by Gasteiger charge is 2.13. The minimum absolute atomic E-state index is 0.253. The third kappa shape index (κ3) is 10.8. The Morgan fingerprint density at radius 3 is 2.33 bits per heavy atom. The molecule has 1 rings (SSSR count). The molecule has 1 atom stereocenters. The van der Waals surface area contributed by atoms with Crippen LogP contribution in [0.15, 0.2) is 0 Å². The van der Waals surface area contributed by atoms with Crippen LogP contribution >= 0.6 is 0 Å². The van der Waals surface area contributed by atoms with E-state index in [1.165, 1.54) is 64.2 Å². The highest BCUT2D eigenvalue weighted by molar-refractivity contribution is 5.75. The monoisotopic (exact) mass is 296 g/mol. The first-order valence-electron chi connectivity index (χ1n) is 9.30. The third-order valence-corrected chi connectivity index (χ3v) is 4.49. The summed E-state index contributed by atoms with van der Waals surface area (Å²) in [5.41, 5.74) is 0. The van der Waals surface area contributed by atoms with Gasteiger partial charge in [0.05, 0.1) is 0 Å². The van der Waals surface area contributed by atoms with Crippen LogP contribution in [0, 0.1) is 5.92 Å². The molecule has 1 unspecified atom stereocenters. The Balaban J connectivity index is 1.82. The zero-order valence-electron chi connectivity index (χ0n) is 14.1. The molecule has 0 spiro atoms. The smallest absolute Gasteiger partial charge is 0.220 e. The average Bonchev–Trinajstić information content (AvgIpc) is 2.52. The second-order valence-corrected chi connectivity index (χ2v) is 6.59. The van der Waals surface area contributed by atoms with E-state index >= 15 is 0 Å². The van der Waals surface area contributed by atoms with Crippen LogP contribution in [0.2, 0.25) is 0 Å². The predicted molar refractivity (Wildman–Crippen MR) is 90.4 cm³/mol. The van der Waals surface area contributed by atoms with E-state index in [1.54, 1.807) is 0 Å². The summed E-state index contributed by atoms with van der Waals surface area (Å²) >= 11 is 0. The van der Waals surface area contributed by atoms with Gasteiger partial charge in [0.25, 0.3) is 0 Å². The maximum Gasteiger partial charge on any atom is 0.220 e. The van der Waals surface area contributed by atoms with Gasteiger partial charge in [-0.15, -0.1) is 0 Å². The van der Waals surface area contributed by atoms with E-state index < -0.39 is 0 Å². The Kier molecular flexibility index (Phi) is 11.5. The second-order valence-electron chi connectivity index (χ2n) is 6.59. The van der Waals surface area contributed by atoms with Crippen molar-refractivity contribution in [3.8, 4) is 0 Å². The Labute approximate surface area is 131 Å². The number of hydrogen-bond donors (Lipinski definition) is 2. The molecule has 0 saturated carbocycles. The summed E-state index contributed by atoms with van der Waals surface area (Å²) in [5.74, 6) is 0.898. The maximum atomic E-state index is 11.8. The molecule has 1 aliphatic heterocycles. The van der Waals surface area contributed by atoms with Crippen LogP contribution in [0.3, 0.4) is 0 Å². The number of carbonyl (C=O) groups excluding carboxylic acids is 1. The lowest BCUT2D eigenvalue weighted by Gasteiger charge is -2.22. The molecule has 124 valence electrons. The lowest BCUT2D eigenvalue weighted by atomic mass is 10.00. The van der Waals surface area contributed by atoms with Crippen molar-refractivity contribution in [3.63, 3.8) is 0 Å². The molecule has 1 saturated heterocycles. The molecule has 1 aliphatic rings. The Morgan fingerprint density at radius 2 is 1.71 bits per heavy atom. The Bertz CT molecular complexity index is 250. The van der Waals surface area contributed by atoms with E-state index in [9.17, 15) is 4.79 Å². The normalized spacial score (nSPS) is 18.6. The lowest BCUT2D eigenvalue weighted by Crippen LogP contribution is -2.38. The van der Waals surface area contributed by atoms with Gasteiger partial charge in [-0.2, -0.15) is 0 Å². The van der Waals surface area contributed by atoms with Crippen LogP contribution in [-0.2, 0) is 4.79 Å². The van der Waals surface area contributed by atoms with Gasteiger partial charge in [0.2, 0.25) is 5.91 Å². The third-order valence-electron chi connectivity index (χ3n) is 4.49. The van der Waals surface area contributed by atoms with Gasteiger partial charge in [-0.3, -0.25) is 4.79 Å². The molecule has 3 nitrogen and oxygen atoms in total. The molecule has 0 aromatic heterocycles. The molecular weight excluding hydrogens is 260 g/mol. The average molecular weight is 296 g/mol. The first kappa shape index (κ1) is 18.5. The van der Waals surface area contributed by atoms with E-state index in [4.69, 9.17) is 0 Å². The highest BCUT2D eigenvalue weighted by atomic mass is 16.1.